The number of benzene rings is 1. The minimum Gasteiger partial charge on any atom is -0.491 e. The zero-order valence-electron chi connectivity index (χ0n) is 15.2. The lowest BCUT2D eigenvalue weighted by atomic mass is 9.94. The van der Waals surface area contributed by atoms with Crippen LogP contribution in [0.15, 0.2) is 12.1 Å². The van der Waals surface area contributed by atoms with Crippen LogP contribution in [0, 0.1) is 22.5 Å². The van der Waals surface area contributed by atoms with Crippen molar-refractivity contribution in [2.24, 2.45) is 11.8 Å². The van der Waals surface area contributed by atoms with Gasteiger partial charge in [-0.1, -0.05) is 27.7 Å². The van der Waals surface area contributed by atoms with Gasteiger partial charge in [0.05, 0.1) is 26.0 Å². The lowest BCUT2D eigenvalue weighted by Gasteiger charge is -2.38. The highest BCUT2D eigenvalue weighted by Gasteiger charge is 2.32. The van der Waals surface area contributed by atoms with Gasteiger partial charge in [-0.25, -0.2) is 0 Å². The lowest BCUT2D eigenvalue weighted by Crippen LogP contribution is -2.41. The van der Waals surface area contributed by atoms with Gasteiger partial charge in [0.25, 0.3) is 0 Å². The van der Waals surface area contributed by atoms with E-state index < -0.39 is 0 Å². The molecule has 1 fully saturated rings. The summed E-state index contributed by atoms with van der Waals surface area (Å²) in [6.07, 6.45) is 3.27. The molecule has 2 rings (SSSR count). The van der Waals surface area contributed by atoms with E-state index >= 15 is 0 Å². The van der Waals surface area contributed by atoms with Crippen molar-refractivity contribution in [1.82, 2.24) is 0 Å². The number of hydrogen-bond donors (Lipinski definition) is 0. The molecule has 142 valence electrons. The van der Waals surface area contributed by atoms with Crippen LogP contribution in [-0.4, -0.2) is 25.1 Å². The minimum atomic E-state index is -0.163. The smallest absolute Gasteiger partial charge is 0.161 e. The van der Waals surface area contributed by atoms with Gasteiger partial charge in [0.15, 0.2) is 6.29 Å². The predicted octanol–water partition coefficient (Wildman–Crippen LogP) is 6.47. The number of ether oxygens (including phenoxy) is 3. The third kappa shape index (κ3) is 7.23. The maximum atomic E-state index is 6.19. The Morgan fingerprint density at radius 1 is 1.08 bits per heavy atom. The molecule has 0 radical (unpaired) electrons. The molecule has 6 heteroatoms. The predicted molar refractivity (Wildman–Crippen MR) is 127 cm³/mol. The molecule has 1 heterocycles. The van der Waals surface area contributed by atoms with Crippen molar-refractivity contribution in [1.29, 1.82) is 0 Å². The Bertz CT molecular complexity index is 540. The summed E-state index contributed by atoms with van der Waals surface area (Å²) in [6.45, 7) is 9.57. The van der Waals surface area contributed by atoms with Crippen LogP contribution in [0.25, 0.3) is 0 Å². The summed E-state index contributed by atoms with van der Waals surface area (Å²) in [6, 6.07) is 4.28. The molecule has 0 bridgehead atoms. The molecule has 1 saturated heterocycles. The fourth-order valence-electron chi connectivity index (χ4n) is 2.98. The Hall–Kier alpha value is 1.13. The maximum absolute atomic E-state index is 6.19. The van der Waals surface area contributed by atoms with E-state index in [0.29, 0.717) is 24.5 Å². The summed E-state index contributed by atoms with van der Waals surface area (Å²) >= 11 is 7.01. The van der Waals surface area contributed by atoms with Crippen molar-refractivity contribution in [2.75, 3.05) is 6.61 Å². The molecule has 0 saturated carbocycles. The first-order chi connectivity index (χ1) is 11.8. The van der Waals surface area contributed by atoms with Gasteiger partial charge >= 0.3 is 0 Å². The average Bonchev–Trinajstić information content (AvgIpc) is 2.48. The molecule has 0 aliphatic carbocycles. The second-order valence-electron chi connectivity index (χ2n) is 7.31. The monoisotopic (exact) mass is 684 g/mol. The van der Waals surface area contributed by atoms with Gasteiger partial charge in [-0.3, -0.25) is 0 Å². The van der Waals surface area contributed by atoms with E-state index in [1.54, 1.807) is 0 Å². The largest absolute Gasteiger partial charge is 0.491 e. The van der Waals surface area contributed by atoms with Crippen molar-refractivity contribution in [3.63, 3.8) is 0 Å². The van der Waals surface area contributed by atoms with Gasteiger partial charge in [0.1, 0.15) is 5.75 Å². The van der Waals surface area contributed by atoms with Crippen molar-refractivity contribution in [3.8, 4) is 5.75 Å². The second kappa shape index (κ2) is 10.6. The van der Waals surface area contributed by atoms with E-state index in [9.17, 15) is 0 Å². The number of rotatable bonds is 7. The maximum Gasteiger partial charge on any atom is 0.161 e. The topological polar surface area (TPSA) is 27.7 Å². The average molecular weight is 684 g/mol. The van der Waals surface area contributed by atoms with E-state index in [4.69, 9.17) is 14.2 Å². The highest BCUT2D eigenvalue weighted by Crippen LogP contribution is 2.31. The Balaban J connectivity index is 1.92. The lowest BCUT2D eigenvalue weighted by molar-refractivity contribution is -0.256. The summed E-state index contributed by atoms with van der Waals surface area (Å²) < 4.78 is 21.9. The molecular weight excluding hydrogens is 657 g/mol. The molecule has 3 atom stereocenters. The van der Waals surface area contributed by atoms with E-state index in [0.717, 1.165) is 32.2 Å². The summed E-state index contributed by atoms with van der Waals surface area (Å²) in [5.41, 5.74) is 0. The third-order valence-electron chi connectivity index (χ3n) is 4.21. The van der Waals surface area contributed by atoms with Crippen LogP contribution in [-0.2, 0) is 9.47 Å². The zero-order valence-corrected chi connectivity index (χ0v) is 21.7. The molecule has 0 spiro atoms. The minimum absolute atomic E-state index is 0.163. The first kappa shape index (κ1) is 22.4. The van der Waals surface area contributed by atoms with Crippen LogP contribution in [0.5, 0.6) is 5.75 Å². The zero-order chi connectivity index (χ0) is 18.6. The van der Waals surface area contributed by atoms with Gasteiger partial charge in [-0.05, 0) is 98.2 Å². The fraction of sp³-hybridized carbons (Fsp3) is 0.684. The van der Waals surface area contributed by atoms with Gasteiger partial charge in [0, 0.05) is 16.4 Å². The molecule has 0 amide bonds. The van der Waals surface area contributed by atoms with Gasteiger partial charge in [-0.15, -0.1) is 0 Å². The fourth-order valence-corrected chi connectivity index (χ4v) is 6.87. The summed E-state index contributed by atoms with van der Waals surface area (Å²) in [5.74, 6) is 2.12. The van der Waals surface area contributed by atoms with Crippen molar-refractivity contribution < 1.29 is 14.2 Å². The summed E-state index contributed by atoms with van der Waals surface area (Å²) in [5, 5.41) is 0. The quantitative estimate of drug-likeness (QED) is 0.309. The van der Waals surface area contributed by atoms with Crippen LogP contribution < -0.4 is 4.74 Å². The Kier molecular flexibility index (Phi) is 9.52. The van der Waals surface area contributed by atoms with Gasteiger partial charge in [-0.2, -0.15) is 0 Å². The Morgan fingerprint density at radius 3 is 2.28 bits per heavy atom. The highest BCUT2D eigenvalue weighted by atomic mass is 127. The molecule has 1 aliphatic heterocycles. The van der Waals surface area contributed by atoms with E-state index in [1.165, 1.54) is 3.57 Å². The molecule has 1 aromatic carbocycles. The van der Waals surface area contributed by atoms with Crippen molar-refractivity contribution >= 4 is 67.8 Å². The first-order valence-electron chi connectivity index (χ1n) is 8.84. The molecule has 3 nitrogen and oxygen atoms in total. The summed E-state index contributed by atoms with van der Waals surface area (Å²) in [7, 11) is 0. The number of halogens is 3. The molecule has 1 aromatic rings. The van der Waals surface area contributed by atoms with Gasteiger partial charge < -0.3 is 14.2 Å². The molecule has 1 aliphatic rings. The molecule has 0 aromatic heterocycles. The molecule has 3 unspecified atom stereocenters. The van der Waals surface area contributed by atoms with Gasteiger partial charge in [0.2, 0.25) is 0 Å². The van der Waals surface area contributed by atoms with Crippen molar-refractivity contribution in [3.05, 3.63) is 22.8 Å². The summed E-state index contributed by atoms with van der Waals surface area (Å²) in [4.78, 5) is 0. The molecule has 0 N–H and O–H groups in total. The first-order valence-corrected chi connectivity index (χ1v) is 12.1. The normalized spacial score (nSPS) is 24.1. The van der Waals surface area contributed by atoms with E-state index in [2.05, 4.69) is 108 Å². The number of hydrogen-bond acceptors (Lipinski definition) is 3. The van der Waals surface area contributed by atoms with Crippen LogP contribution in [0.3, 0.4) is 0 Å². The highest BCUT2D eigenvalue weighted by molar-refractivity contribution is 14.1. The third-order valence-corrected chi connectivity index (χ3v) is 6.43. The van der Waals surface area contributed by atoms with E-state index in [1.807, 2.05) is 0 Å². The van der Waals surface area contributed by atoms with Crippen molar-refractivity contribution in [2.45, 2.75) is 65.5 Å². The van der Waals surface area contributed by atoms with E-state index in [-0.39, 0.29) is 12.4 Å². The van der Waals surface area contributed by atoms with Crippen LogP contribution >= 0.6 is 67.8 Å². The SMILES string of the molecule is CC(C)CC1CC(C(C)C)OC(CCOc2c(I)cc(I)cc2I)O1. The molecular formula is C19H27I3O3. The van der Waals surface area contributed by atoms with Crippen LogP contribution in [0.2, 0.25) is 0 Å². The standard InChI is InChI=1S/C19H27I3O3/c1-11(2)7-14-10-17(12(3)4)25-18(24-14)5-6-23-19-15(21)8-13(20)9-16(19)22/h8-9,11-12,14,17-18H,5-7,10H2,1-4H3. The van der Waals surface area contributed by atoms with Crippen LogP contribution in [0.4, 0.5) is 0 Å². The second-order valence-corrected chi connectivity index (χ2v) is 10.9. The Labute approximate surface area is 192 Å². The van der Waals surface area contributed by atoms with Crippen LogP contribution in [0.1, 0.15) is 47.0 Å². The molecule has 25 heavy (non-hydrogen) atoms. The Morgan fingerprint density at radius 2 is 1.72 bits per heavy atom.